The van der Waals surface area contributed by atoms with E-state index in [-0.39, 0.29) is 0 Å². The van der Waals surface area contributed by atoms with E-state index in [9.17, 15) is 0 Å². The van der Waals surface area contributed by atoms with Gasteiger partial charge in [-0.25, -0.2) is 0 Å². The third-order valence-electron chi connectivity index (χ3n) is 1.27. The number of hydrogen-bond donors (Lipinski definition) is 2. The van der Waals surface area contributed by atoms with E-state index in [1.54, 1.807) is 12.1 Å². The van der Waals surface area contributed by atoms with Crippen LogP contribution in [0.5, 0.6) is 0 Å². The Morgan fingerprint density at radius 3 is 2.73 bits per heavy atom. The second-order valence-electron chi connectivity index (χ2n) is 2.03. The van der Waals surface area contributed by atoms with Gasteiger partial charge in [0, 0.05) is 10.5 Å². The average Bonchev–Trinajstić information content (AvgIpc) is 1.96. The van der Waals surface area contributed by atoms with Gasteiger partial charge >= 0.3 is 0 Å². The lowest BCUT2D eigenvalue weighted by Crippen LogP contribution is -1.91. The van der Waals surface area contributed by atoms with Crippen molar-refractivity contribution in [3.8, 4) is 12.3 Å². The highest BCUT2D eigenvalue weighted by Crippen LogP contribution is 2.25. The van der Waals surface area contributed by atoms with Crippen LogP contribution in [0.1, 0.15) is 5.56 Å². The third-order valence-corrected chi connectivity index (χ3v) is 1.84. The Morgan fingerprint density at radius 1 is 1.55 bits per heavy atom. The van der Waals surface area contributed by atoms with Gasteiger partial charge in [0.05, 0.1) is 10.7 Å². The molecular weight excluding hydrogens is 178 g/mol. The standard InChI is InChI=1S/C8H6ClNS/c1-2-5-3-6(11)4-7(9)8(5)10/h1,3-4,11H,10H2. The number of nitrogen functional groups attached to an aromatic ring is 1. The first-order valence-electron chi connectivity index (χ1n) is 2.89. The van der Waals surface area contributed by atoms with Gasteiger partial charge in [-0.3, -0.25) is 0 Å². The zero-order chi connectivity index (χ0) is 8.43. The Labute approximate surface area is 76.0 Å². The second-order valence-corrected chi connectivity index (χ2v) is 2.96. The number of rotatable bonds is 0. The van der Waals surface area contributed by atoms with Crippen molar-refractivity contribution in [1.29, 1.82) is 0 Å². The van der Waals surface area contributed by atoms with Crippen molar-refractivity contribution in [2.24, 2.45) is 0 Å². The Balaban J connectivity index is 3.39. The zero-order valence-electron chi connectivity index (χ0n) is 5.63. The van der Waals surface area contributed by atoms with Crippen LogP contribution >= 0.6 is 24.2 Å². The van der Waals surface area contributed by atoms with Crippen molar-refractivity contribution in [3.05, 3.63) is 22.7 Å². The van der Waals surface area contributed by atoms with Crippen molar-refractivity contribution in [3.63, 3.8) is 0 Å². The number of hydrogen-bond acceptors (Lipinski definition) is 2. The van der Waals surface area contributed by atoms with E-state index in [0.717, 1.165) is 4.90 Å². The highest BCUT2D eigenvalue weighted by molar-refractivity contribution is 7.80. The fourth-order valence-corrected chi connectivity index (χ4v) is 1.28. The van der Waals surface area contributed by atoms with Gasteiger partial charge in [-0.2, -0.15) is 0 Å². The van der Waals surface area contributed by atoms with Gasteiger partial charge in [-0.1, -0.05) is 17.5 Å². The molecule has 0 radical (unpaired) electrons. The van der Waals surface area contributed by atoms with Gasteiger partial charge in [0.2, 0.25) is 0 Å². The van der Waals surface area contributed by atoms with Gasteiger partial charge in [0.25, 0.3) is 0 Å². The molecule has 1 nitrogen and oxygen atoms in total. The Kier molecular flexibility index (Phi) is 2.33. The van der Waals surface area contributed by atoms with Crippen LogP contribution in [0.15, 0.2) is 17.0 Å². The van der Waals surface area contributed by atoms with E-state index in [1.165, 1.54) is 0 Å². The van der Waals surface area contributed by atoms with Gasteiger partial charge in [-0.15, -0.1) is 19.1 Å². The molecule has 0 saturated heterocycles. The summed E-state index contributed by atoms with van der Waals surface area (Å²) in [6.45, 7) is 0. The van der Waals surface area contributed by atoms with Crippen LogP contribution in [-0.4, -0.2) is 0 Å². The van der Waals surface area contributed by atoms with E-state index < -0.39 is 0 Å². The fraction of sp³-hybridized carbons (Fsp3) is 0. The Bertz CT molecular complexity index is 328. The maximum Gasteiger partial charge on any atom is 0.0663 e. The van der Waals surface area contributed by atoms with Crippen LogP contribution in [0.25, 0.3) is 0 Å². The van der Waals surface area contributed by atoms with E-state index in [1.807, 2.05) is 0 Å². The summed E-state index contributed by atoms with van der Waals surface area (Å²) in [6, 6.07) is 3.35. The number of nitrogens with two attached hydrogens (primary N) is 1. The fourth-order valence-electron chi connectivity index (χ4n) is 0.723. The summed E-state index contributed by atoms with van der Waals surface area (Å²) in [4.78, 5) is 0.720. The molecule has 2 N–H and O–H groups in total. The molecule has 11 heavy (non-hydrogen) atoms. The lowest BCUT2D eigenvalue weighted by molar-refractivity contribution is 1.45. The minimum atomic E-state index is 0.437. The number of anilines is 1. The molecule has 0 unspecified atom stereocenters. The molecule has 56 valence electrons. The van der Waals surface area contributed by atoms with Crippen LogP contribution in [0.2, 0.25) is 5.02 Å². The van der Waals surface area contributed by atoms with Crippen molar-refractivity contribution < 1.29 is 0 Å². The van der Waals surface area contributed by atoms with Crippen LogP contribution in [0, 0.1) is 12.3 Å². The molecule has 0 bridgehead atoms. The Hall–Kier alpha value is -0.780. The molecule has 0 aliphatic carbocycles. The number of terminal acetylenes is 1. The summed E-state index contributed by atoms with van der Waals surface area (Å²) in [5.74, 6) is 2.42. The average molecular weight is 184 g/mol. The van der Waals surface area contributed by atoms with Gasteiger partial charge in [0.1, 0.15) is 0 Å². The van der Waals surface area contributed by atoms with E-state index in [4.69, 9.17) is 23.8 Å². The first kappa shape index (κ1) is 8.32. The normalized spacial score (nSPS) is 9.18. The predicted molar refractivity (Wildman–Crippen MR) is 51.1 cm³/mol. The number of halogens is 1. The van der Waals surface area contributed by atoms with E-state index in [0.29, 0.717) is 16.3 Å². The summed E-state index contributed by atoms with van der Waals surface area (Å²) in [6.07, 6.45) is 5.17. The molecule has 0 atom stereocenters. The lowest BCUT2D eigenvalue weighted by Gasteiger charge is -2.01. The molecule has 0 aromatic heterocycles. The third kappa shape index (κ3) is 1.62. The zero-order valence-corrected chi connectivity index (χ0v) is 7.28. The van der Waals surface area contributed by atoms with E-state index >= 15 is 0 Å². The number of thiol groups is 1. The summed E-state index contributed by atoms with van der Waals surface area (Å²) in [5, 5.41) is 0.449. The maximum atomic E-state index is 5.73. The first-order valence-corrected chi connectivity index (χ1v) is 3.72. The molecule has 0 aliphatic rings. The minimum Gasteiger partial charge on any atom is -0.397 e. The monoisotopic (exact) mass is 183 g/mol. The lowest BCUT2D eigenvalue weighted by atomic mass is 10.2. The summed E-state index contributed by atoms with van der Waals surface area (Å²) in [7, 11) is 0. The highest BCUT2D eigenvalue weighted by Gasteiger charge is 2.01. The van der Waals surface area contributed by atoms with Gasteiger partial charge < -0.3 is 5.73 Å². The molecule has 0 spiro atoms. The molecule has 0 heterocycles. The van der Waals surface area contributed by atoms with Crippen molar-refractivity contribution in [2.45, 2.75) is 4.90 Å². The summed E-state index contributed by atoms with van der Waals surface area (Å²) >= 11 is 9.82. The van der Waals surface area contributed by atoms with Gasteiger partial charge in [0.15, 0.2) is 0 Å². The molecule has 0 fully saturated rings. The summed E-state index contributed by atoms with van der Waals surface area (Å²) in [5.41, 5.74) is 6.58. The van der Waals surface area contributed by atoms with Crippen molar-refractivity contribution >= 4 is 29.9 Å². The molecule has 0 aliphatic heterocycles. The topological polar surface area (TPSA) is 26.0 Å². The largest absolute Gasteiger partial charge is 0.397 e. The molecule has 0 saturated carbocycles. The van der Waals surface area contributed by atoms with Crippen molar-refractivity contribution in [1.82, 2.24) is 0 Å². The quantitative estimate of drug-likeness (QED) is 0.360. The Morgan fingerprint density at radius 2 is 2.18 bits per heavy atom. The van der Waals surface area contributed by atoms with Gasteiger partial charge in [-0.05, 0) is 12.1 Å². The summed E-state index contributed by atoms with van der Waals surface area (Å²) < 4.78 is 0. The van der Waals surface area contributed by atoms with Crippen LogP contribution in [-0.2, 0) is 0 Å². The van der Waals surface area contributed by atoms with Crippen LogP contribution in [0.3, 0.4) is 0 Å². The minimum absolute atomic E-state index is 0.437. The molecular formula is C8H6ClNS. The predicted octanol–water partition coefficient (Wildman–Crippen LogP) is 2.19. The number of benzene rings is 1. The second kappa shape index (κ2) is 3.08. The highest BCUT2D eigenvalue weighted by atomic mass is 35.5. The molecule has 3 heteroatoms. The van der Waals surface area contributed by atoms with Crippen molar-refractivity contribution in [2.75, 3.05) is 5.73 Å². The SMILES string of the molecule is C#Cc1cc(S)cc(Cl)c1N. The smallest absolute Gasteiger partial charge is 0.0663 e. The molecule has 1 rings (SSSR count). The molecule has 0 amide bonds. The van der Waals surface area contributed by atoms with E-state index in [2.05, 4.69) is 18.5 Å². The molecule has 1 aromatic rings. The van der Waals surface area contributed by atoms with Crippen LogP contribution in [0.4, 0.5) is 5.69 Å². The van der Waals surface area contributed by atoms with Crippen LogP contribution < -0.4 is 5.73 Å². The first-order chi connectivity index (χ1) is 5.15. The maximum absolute atomic E-state index is 5.73. The molecule has 1 aromatic carbocycles.